The SMILES string of the molecule is CC(C)(C)ONCc1ccc2ccccc2n1. The average Bonchev–Trinajstić information content (AvgIpc) is 2.27. The Morgan fingerprint density at radius 3 is 2.65 bits per heavy atom. The number of nitrogens with zero attached hydrogens (tertiary/aromatic N) is 1. The smallest absolute Gasteiger partial charge is 0.0813 e. The molecule has 0 saturated carbocycles. The van der Waals surface area contributed by atoms with E-state index in [9.17, 15) is 0 Å². The molecule has 0 amide bonds. The van der Waals surface area contributed by atoms with Gasteiger partial charge in [0.15, 0.2) is 0 Å². The summed E-state index contributed by atoms with van der Waals surface area (Å²) in [7, 11) is 0. The molecule has 3 nitrogen and oxygen atoms in total. The fraction of sp³-hybridized carbons (Fsp3) is 0.357. The number of hydrogen-bond acceptors (Lipinski definition) is 3. The average molecular weight is 230 g/mol. The van der Waals surface area contributed by atoms with E-state index in [2.05, 4.69) is 22.6 Å². The Bertz CT molecular complexity index is 503. The van der Waals surface area contributed by atoms with E-state index < -0.39 is 0 Å². The summed E-state index contributed by atoms with van der Waals surface area (Å²) in [6, 6.07) is 12.2. The van der Waals surface area contributed by atoms with E-state index in [0.29, 0.717) is 6.54 Å². The molecule has 0 aliphatic rings. The lowest BCUT2D eigenvalue weighted by molar-refractivity contribution is -0.0761. The van der Waals surface area contributed by atoms with E-state index >= 15 is 0 Å². The highest BCUT2D eigenvalue weighted by molar-refractivity contribution is 5.78. The lowest BCUT2D eigenvalue weighted by Gasteiger charge is -2.19. The summed E-state index contributed by atoms with van der Waals surface area (Å²) in [6.07, 6.45) is 0. The molecular weight excluding hydrogens is 212 g/mol. The van der Waals surface area contributed by atoms with Crippen molar-refractivity contribution < 1.29 is 4.84 Å². The summed E-state index contributed by atoms with van der Waals surface area (Å²) in [5, 5.41) is 1.16. The van der Waals surface area contributed by atoms with Gasteiger partial charge in [0.1, 0.15) is 0 Å². The molecule has 0 fully saturated rings. The molecule has 1 N–H and O–H groups in total. The number of rotatable bonds is 3. The summed E-state index contributed by atoms with van der Waals surface area (Å²) in [6.45, 7) is 6.64. The Morgan fingerprint density at radius 1 is 1.12 bits per heavy atom. The van der Waals surface area contributed by atoms with Crippen molar-refractivity contribution in [3.63, 3.8) is 0 Å². The second-order valence-electron chi connectivity index (χ2n) is 5.03. The van der Waals surface area contributed by atoms with Gasteiger partial charge in [-0.25, -0.2) is 0 Å². The van der Waals surface area contributed by atoms with Gasteiger partial charge in [0.2, 0.25) is 0 Å². The van der Waals surface area contributed by atoms with E-state index in [4.69, 9.17) is 4.84 Å². The molecule has 90 valence electrons. The monoisotopic (exact) mass is 230 g/mol. The van der Waals surface area contributed by atoms with Gasteiger partial charge in [-0.15, -0.1) is 0 Å². The van der Waals surface area contributed by atoms with Gasteiger partial charge in [-0.1, -0.05) is 24.3 Å². The van der Waals surface area contributed by atoms with Crippen LogP contribution in [0.2, 0.25) is 0 Å². The largest absolute Gasteiger partial charge is 0.296 e. The summed E-state index contributed by atoms with van der Waals surface area (Å²) in [4.78, 5) is 10.0. The predicted octanol–water partition coefficient (Wildman–Crippen LogP) is 3.05. The third-order valence-corrected chi connectivity index (χ3v) is 2.29. The predicted molar refractivity (Wildman–Crippen MR) is 69.4 cm³/mol. The first kappa shape index (κ1) is 12.0. The van der Waals surface area contributed by atoms with Gasteiger partial charge in [-0.05, 0) is 32.9 Å². The van der Waals surface area contributed by atoms with Crippen molar-refractivity contribution in [2.75, 3.05) is 0 Å². The van der Waals surface area contributed by atoms with Crippen LogP contribution in [0, 0.1) is 0 Å². The minimum absolute atomic E-state index is 0.184. The van der Waals surface area contributed by atoms with Crippen molar-refractivity contribution >= 4 is 10.9 Å². The Hall–Kier alpha value is -1.45. The number of pyridine rings is 1. The van der Waals surface area contributed by atoms with Gasteiger partial charge in [0, 0.05) is 5.39 Å². The number of fused-ring (bicyclic) bond motifs is 1. The molecule has 0 saturated heterocycles. The molecule has 0 spiro atoms. The Labute approximate surface area is 102 Å². The minimum atomic E-state index is -0.184. The first-order valence-corrected chi connectivity index (χ1v) is 5.80. The van der Waals surface area contributed by atoms with Gasteiger partial charge in [0.25, 0.3) is 0 Å². The molecule has 1 aromatic carbocycles. The number of benzene rings is 1. The second kappa shape index (κ2) is 4.82. The second-order valence-corrected chi connectivity index (χ2v) is 5.03. The van der Waals surface area contributed by atoms with Gasteiger partial charge in [-0.3, -0.25) is 9.82 Å². The van der Waals surface area contributed by atoms with Crippen LogP contribution in [-0.2, 0) is 11.4 Å². The van der Waals surface area contributed by atoms with Gasteiger partial charge >= 0.3 is 0 Å². The Balaban J connectivity index is 2.04. The van der Waals surface area contributed by atoms with Crippen LogP contribution in [0.3, 0.4) is 0 Å². The summed E-state index contributed by atoms with van der Waals surface area (Å²) in [5.41, 5.74) is 4.76. The van der Waals surface area contributed by atoms with Crippen LogP contribution in [0.25, 0.3) is 10.9 Å². The van der Waals surface area contributed by atoms with E-state index in [1.165, 1.54) is 0 Å². The van der Waals surface area contributed by atoms with Crippen LogP contribution < -0.4 is 5.48 Å². The Kier molecular flexibility index (Phi) is 3.41. The lowest BCUT2D eigenvalue weighted by atomic mass is 10.2. The van der Waals surface area contributed by atoms with Crippen molar-refractivity contribution in [1.29, 1.82) is 0 Å². The first-order valence-electron chi connectivity index (χ1n) is 5.80. The van der Waals surface area contributed by atoms with Crippen molar-refractivity contribution in [2.24, 2.45) is 0 Å². The van der Waals surface area contributed by atoms with E-state index in [1.54, 1.807) is 0 Å². The van der Waals surface area contributed by atoms with Crippen LogP contribution in [0.1, 0.15) is 26.5 Å². The molecule has 2 rings (SSSR count). The number of hydroxylamine groups is 1. The van der Waals surface area contributed by atoms with Crippen LogP contribution in [0.15, 0.2) is 36.4 Å². The van der Waals surface area contributed by atoms with E-state index in [0.717, 1.165) is 16.6 Å². The molecular formula is C14H18N2O. The van der Waals surface area contributed by atoms with Crippen molar-refractivity contribution in [3.8, 4) is 0 Å². The highest BCUT2D eigenvalue weighted by atomic mass is 16.7. The number of para-hydroxylation sites is 1. The van der Waals surface area contributed by atoms with Crippen LogP contribution in [0.4, 0.5) is 0 Å². The van der Waals surface area contributed by atoms with Crippen LogP contribution in [-0.4, -0.2) is 10.6 Å². The van der Waals surface area contributed by atoms with Crippen LogP contribution in [0.5, 0.6) is 0 Å². The van der Waals surface area contributed by atoms with Crippen molar-refractivity contribution in [1.82, 2.24) is 10.5 Å². The summed E-state index contributed by atoms with van der Waals surface area (Å²) in [5.74, 6) is 0. The fourth-order valence-electron chi connectivity index (χ4n) is 1.53. The number of aromatic nitrogens is 1. The maximum Gasteiger partial charge on any atom is 0.0813 e. The lowest BCUT2D eigenvalue weighted by Crippen LogP contribution is -2.28. The maximum absolute atomic E-state index is 5.46. The van der Waals surface area contributed by atoms with Crippen molar-refractivity contribution in [2.45, 2.75) is 32.9 Å². The molecule has 2 aromatic rings. The zero-order valence-electron chi connectivity index (χ0n) is 10.5. The third kappa shape index (κ3) is 3.51. The molecule has 0 aliphatic carbocycles. The topological polar surface area (TPSA) is 34.1 Å². The zero-order valence-corrected chi connectivity index (χ0v) is 10.5. The standard InChI is InChI=1S/C14H18N2O/c1-14(2,3)17-15-10-12-9-8-11-6-4-5-7-13(11)16-12/h4-9,15H,10H2,1-3H3. The summed E-state index contributed by atoms with van der Waals surface area (Å²) >= 11 is 0. The van der Waals surface area contributed by atoms with Crippen molar-refractivity contribution in [3.05, 3.63) is 42.1 Å². The van der Waals surface area contributed by atoms with Crippen LogP contribution >= 0.6 is 0 Å². The van der Waals surface area contributed by atoms with Gasteiger partial charge < -0.3 is 0 Å². The van der Waals surface area contributed by atoms with E-state index in [-0.39, 0.29) is 5.60 Å². The van der Waals surface area contributed by atoms with Gasteiger partial charge in [-0.2, -0.15) is 5.48 Å². The zero-order chi connectivity index (χ0) is 12.3. The van der Waals surface area contributed by atoms with Gasteiger partial charge in [0.05, 0.1) is 23.4 Å². The molecule has 1 aromatic heterocycles. The minimum Gasteiger partial charge on any atom is -0.296 e. The maximum atomic E-state index is 5.46. The highest BCUT2D eigenvalue weighted by Gasteiger charge is 2.09. The van der Waals surface area contributed by atoms with E-state index in [1.807, 2.05) is 45.0 Å². The molecule has 3 heteroatoms. The molecule has 0 aliphatic heterocycles. The first-order chi connectivity index (χ1) is 8.04. The number of nitrogens with one attached hydrogen (secondary N) is 1. The molecule has 0 atom stereocenters. The normalized spacial score (nSPS) is 11.9. The highest BCUT2D eigenvalue weighted by Crippen LogP contribution is 2.12. The summed E-state index contributed by atoms with van der Waals surface area (Å²) < 4.78 is 0. The molecule has 0 unspecified atom stereocenters. The Morgan fingerprint density at radius 2 is 1.88 bits per heavy atom. The molecule has 1 heterocycles. The third-order valence-electron chi connectivity index (χ3n) is 2.29. The number of hydrogen-bond donors (Lipinski definition) is 1. The molecule has 0 bridgehead atoms. The molecule has 17 heavy (non-hydrogen) atoms. The quantitative estimate of drug-likeness (QED) is 0.823. The fourth-order valence-corrected chi connectivity index (χ4v) is 1.53. The molecule has 0 radical (unpaired) electrons.